The normalized spacial score (nSPS) is 33.2. The van der Waals surface area contributed by atoms with Crippen molar-refractivity contribution < 1.29 is 19.1 Å². The van der Waals surface area contributed by atoms with Gasteiger partial charge in [-0.3, -0.25) is 4.79 Å². The lowest BCUT2D eigenvalue weighted by Gasteiger charge is -2.58. The van der Waals surface area contributed by atoms with Gasteiger partial charge in [0.1, 0.15) is 0 Å². The standard InChI is InChI=1S/C42H70O4/c1-7-39(43)45-28-15-13-11-9-8-10-12-14-19-40(44)46-30-32(3)17-16-18-33(4)36-22-23-37-35-21-20-34-29-31(2)24-26-41(34,5)38(35)25-27-42(36,37)6/h7,20,31-33,35-38H,1,8-19,21-30H2,2-6H3/t31?,32?,33-,35+,36-,37+,38+,41+,42-/m1/s1. The van der Waals surface area contributed by atoms with Crippen molar-refractivity contribution in [1.82, 2.24) is 0 Å². The lowest BCUT2D eigenvalue weighted by atomic mass is 9.46. The minimum Gasteiger partial charge on any atom is -0.465 e. The van der Waals surface area contributed by atoms with Gasteiger partial charge < -0.3 is 9.47 Å². The maximum atomic E-state index is 12.3. The van der Waals surface area contributed by atoms with Crippen LogP contribution in [0.15, 0.2) is 24.3 Å². The molecule has 0 saturated heterocycles. The molecule has 0 heterocycles. The molecule has 4 nitrogen and oxygen atoms in total. The number of rotatable bonds is 19. The lowest BCUT2D eigenvalue weighted by molar-refractivity contribution is -0.145. The van der Waals surface area contributed by atoms with Crippen LogP contribution in [0.3, 0.4) is 0 Å². The van der Waals surface area contributed by atoms with Gasteiger partial charge in [-0.2, -0.15) is 0 Å². The second kappa shape index (κ2) is 17.7. The minimum absolute atomic E-state index is 0.0175. The molecule has 0 aliphatic heterocycles. The van der Waals surface area contributed by atoms with E-state index in [1.54, 1.807) is 0 Å². The minimum atomic E-state index is -0.333. The second-order valence-corrected chi connectivity index (χ2v) is 17.0. The molecule has 3 saturated carbocycles. The van der Waals surface area contributed by atoms with E-state index in [4.69, 9.17) is 9.47 Å². The van der Waals surface area contributed by atoms with Crippen molar-refractivity contribution in [3.05, 3.63) is 24.3 Å². The summed E-state index contributed by atoms with van der Waals surface area (Å²) in [6.07, 6.45) is 28.4. The molecule has 4 aliphatic carbocycles. The highest BCUT2D eigenvalue weighted by Crippen LogP contribution is 2.67. The first-order valence-corrected chi connectivity index (χ1v) is 19.7. The first-order valence-electron chi connectivity index (χ1n) is 19.7. The number of carbonyl (C=O) groups is 2. The Morgan fingerprint density at radius 3 is 2.35 bits per heavy atom. The summed E-state index contributed by atoms with van der Waals surface area (Å²) in [5.74, 6) is 5.43. The van der Waals surface area contributed by atoms with Crippen LogP contribution in [-0.2, 0) is 19.1 Å². The molecule has 9 atom stereocenters. The van der Waals surface area contributed by atoms with Gasteiger partial charge in [-0.15, -0.1) is 0 Å². The maximum absolute atomic E-state index is 12.3. The molecule has 2 unspecified atom stereocenters. The first-order chi connectivity index (χ1) is 22.1. The fourth-order valence-electron chi connectivity index (χ4n) is 10.9. The number of carbonyl (C=O) groups excluding carboxylic acids is 2. The average molecular weight is 639 g/mol. The molecule has 4 aliphatic rings. The maximum Gasteiger partial charge on any atom is 0.330 e. The van der Waals surface area contributed by atoms with Crippen LogP contribution in [0.2, 0.25) is 0 Å². The molecule has 0 N–H and O–H groups in total. The van der Waals surface area contributed by atoms with E-state index in [1.807, 2.05) is 5.57 Å². The lowest BCUT2D eigenvalue weighted by Crippen LogP contribution is -2.50. The molecule has 0 aromatic heterocycles. The Morgan fingerprint density at radius 1 is 0.891 bits per heavy atom. The van der Waals surface area contributed by atoms with Crippen LogP contribution in [-0.4, -0.2) is 25.2 Å². The molecule has 0 aromatic rings. The van der Waals surface area contributed by atoms with Gasteiger partial charge in [0.15, 0.2) is 0 Å². The molecule has 3 fully saturated rings. The van der Waals surface area contributed by atoms with Gasteiger partial charge in [0.2, 0.25) is 0 Å². The third-order valence-electron chi connectivity index (χ3n) is 13.7. The number of allylic oxidation sites excluding steroid dienone is 2. The van der Waals surface area contributed by atoms with E-state index in [1.165, 1.54) is 96.0 Å². The summed E-state index contributed by atoms with van der Waals surface area (Å²) in [6, 6.07) is 0. The Kier molecular flexibility index (Phi) is 14.3. The predicted molar refractivity (Wildman–Crippen MR) is 190 cm³/mol. The number of esters is 2. The summed E-state index contributed by atoms with van der Waals surface area (Å²) in [7, 11) is 0. The zero-order chi connectivity index (χ0) is 33.2. The highest BCUT2D eigenvalue weighted by atomic mass is 16.5. The molecular formula is C42H70O4. The zero-order valence-electron chi connectivity index (χ0n) is 30.6. The highest BCUT2D eigenvalue weighted by molar-refractivity contribution is 5.81. The summed E-state index contributed by atoms with van der Waals surface area (Å²) in [5, 5.41) is 0. The summed E-state index contributed by atoms with van der Waals surface area (Å²) >= 11 is 0. The van der Waals surface area contributed by atoms with Crippen LogP contribution in [0.4, 0.5) is 0 Å². The van der Waals surface area contributed by atoms with E-state index < -0.39 is 0 Å². The summed E-state index contributed by atoms with van der Waals surface area (Å²) in [5.41, 5.74) is 2.86. The van der Waals surface area contributed by atoms with Crippen LogP contribution >= 0.6 is 0 Å². The third-order valence-corrected chi connectivity index (χ3v) is 13.7. The van der Waals surface area contributed by atoms with Gasteiger partial charge in [-0.1, -0.05) is 104 Å². The molecule has 0 spiro atoms. The fourth-order valence-corrected chi connectivity index (χ4v) is 10.9. The van der Waals surface area contributed by atoms with E-state index in [0.29, 0.717) is 36.4 Å². The SMILES string of the molecule is C=CC(=O)OCCCCCCCCCCC(=O)OCC(C)CCC[C@@H](C)[C@H]1CC[C@H]2[C@@H]3CC=C4CC(C)CC[C@]4(C)[C@H]3CC[C@]12C. The Labute approximate surface area is 283 Å². The Balaban J connectivity index is 1.05. The quantitative estimate of drug-likeness (QED) is 0.0611. The third kappa shape index (κ3) is 9.52. The van der Waals surface area contributed by atoms with Gasteiger partial charge >= 0.3 is 11.9 Å². The Bertz CT molecular complexity index is 1020. The number of fused-ring (bicyclic) bond motifs is 5. The highest BCUT2D eigenvalue weighted by Gasteiger charge is 2.58. The van der Waals surface area contributed by atoms with Crippen molar-refractivity contribution in [3.8, 4) is 0 Å². The van der Waals surface area contributed by atoms with Crippen LogP contribution in [0, 0.1) is 52.3 Å². The van der Waals surface area contributed by atoms with Crippen molar-refractivity contribution >= 4 is 11.9 Å². The van der Waals surface area contributed by atoms with Crippen LogP contribution in [0.1, 0.15) is 163 Å². The predicted octanol–water partition coefficient (Wildman–Crippen LogP) is 11.4. The number of unbranched alkanes of at least 4 members (excludes halogenated alkanes) is 7. The topological polar surface area (TPSA) is 52.6 Å². The number of hydrogen-bond donors (Lipinski definition) is 0. The number of hydrogen-bond acceptors (Lipinski definition) is 4. The molecule has 0 bridgehead atoms. The molecule has 262 valence electrons. The zero-order valence-corrected chi connectivity index (χ0v) is 30.6. The molecule has 4 heteroatoms. The second-order valence-electron chi connectivity index (χ2n) is 17.0. The summed E-state index contributed by atoms with van der Waals surface area (Å²) in [6.45, 7) is 17.1. The molecule has 0 amide bonds. The Hall–Kier alpha value is -1.58. The van der Waals surface area contributed by atoms with Gasteiger partial charge in [0.25, 0.3) is 0 Å². The van der Waals surface area contributed by atoms with Crippen molar-refractivity contribution in [2.45, 2.75) is 163 Å². The van der Waals surface area contributed by atoms with Crippen LogP contribution < -0.4 is 0 Å². The average Bonchev–Trinajstić information content (AvgIpc) is 3.40. The number of ether oxygens (including phenoxy) is 2. The molecule has 0 aromatic carbocycles. The summed E-state index contributed by atoms with van der Waals surface area (Å²) < 4.78 is 10.7. The van der Waals surface area contributed by atoms with Crippen molar-refractivity contribution in [2.75, 3.05) is 13.2 Å². The van der Waals surface area contributed by atoms with Gasteiger partial charge in [0, 0.05) is 12.5 Å². The van der Waals surface area contributed by atoms with E-state index in [2.05, 4.69) is 47.3 Å². The van der Waals surface area contributed by atoms with Gasteiger partial charge in [-0.25, -0.2) is 4.79 Å². The van der Waals surface area contributed by atoms with Crippen molar-refractivity contribution in [1.29, 1.82) is 0 Å². The molecule has 0 radical (unpaired) electrons. The first kappa shape index (κ1) is 37.2. The van der Waals surface area contributed by atoms with Gasteiger partial charge in [-0.05, 0) is 123 Å². The molecule has 4 rings (SSSR count). The monoisotopic (exact) mass is 639 g/mol. The fraction of sp³-hybridized carbons (Fsp3) is 0.857. The van der Waals surface area contributed by atoms with E-state index in [9.17, 15) is 9.59 Å². The largest absolute Gasteiger partial charge is 0.465 e. The van der Waals surface area contributed by atoms with Crippen LogP contribution in [0.5, 0.6) is 0 Å². The van der Waals surface area contributed by atoms with Crippen LogP contribution in [0.25, 0.3) is 0 Å². The Morgan fingerprint density at radius 2 is 1.61 bits per heavy atom. The molecule has 46 heavy (non-hydrogen) atoms. The van der Waals surface area contributed by atoms with E-state index in [0.717, 1.165) is 67.6 Å². The van der Waals surface area contributed by atoms with Crippen molar-refractivity contribution in [2.24, 2.45) is 52.3 Å². The van der Waals surface area contributed by atoms with Crippen molar-refractivity contribution in [3.63, 3.8) is 0 Å². The molecular weight excluding hydrogens is 568 g/mol. The van der Waals surface area contributed by atoms with E-state index in [-0.39, 0.29) is 11.9 Å². The van der Waals surface area contributed by atoms with E-state index >= 15 is 0 Å². The summed E-state index contributed by atoms with van der Waals surface area (Å²) in [4.78, 5) is 23.3. The smallest absolute Gasteiger partial charge is 0.330 e. The van der Waals surface area contributed by atoms with Gasteiger partial charge in [0.05, 0.1) is 13.2 Å².